The van der Waals surface area contributed by atoms with Crippen LogP contribution in [0.3, 0.4) is 0 Å². The maximum Gasteiger partial charge on any atom is 0.408 e. The van der Waals surface area contributed by atoms with E-state index < -0.39 is 41.0 Å². The summed E-state index contributed by atoms with van der Waals surface area (Å²) in [6.07, 6.45) is 3.52. The molecule has 3 N–H and O–H groups in total. The molecular formula is C37H50N6O6. The molecule has 1 aliphatic rings. The van der Waals surface area contributed by atoms with E-state index in [1.54, 1.807) is 27.0 Å². The Balaban J connectivity index is 1.51. The van der Waals surface area contributed by atoms with Gasteiger partial charge in [-0.1, -0.05) is 67.6 Å². The van der Waals surface area contributed by atoms with Gasteiger partial charge in [0.05, 0.1) is 19.1 Å². The highest BCUT2D eigenvalue weighted by atomic mass is 16.6. The van der Waals surface area contributed by atoms with Crippen LogP contribution in [0.15, 0.2) is 66.9 Å². The van der Waals surface area contributed by atoms with Crippen LogP contribution in [0.5, 0.6) is 0 Å². The number of rotatable bonds is 14. The molecule has 12 nitrogen and oxygen atoms in total. The third kappa shape index (κ3) is 10.9. The van der Waals surface area contributed by atoms with Crippen molar-refractivity contribution in [3.05, 3.63) is 83.8 Å². The lowest BCUT2D eigenvalue weighted by Crippen LogP contribution is -2.59. The number of hydrogen-bond donors (Lipinski definition) is 3. The van der Waals surface area contributed by atoms with E-state index in [9.17, 15) is 19.2 Å². The van der Waals surface area contributed by atoms with Gasteiger partial charge in [-0.15, -0.1) is 0 Å². The number of nitrogens with one attached hydrogen (secondary N) is 3. The summed E-state index contributed by atoms with van der Waals surface area (Å²) < 4.78 is 13.1. The number of likely N-dealkylation sites (tertiary alicyclic amines) is 1. The van der Waals surface area contributed by atoms with E-state index >= 15 is 0 Å². The molecule has 1 unspecified atom stereocenters. The Labute approximate surface area is 288 Å². The fourth-order valence-corrected chi connectivity index (χ4v) is 5.54. The average Bonchev–Trinajstić information content (AvgIpc) is 3.73. The second-order valence-corrected chi connectivity index (χ2v) is 13.8. The van der Waals surface area contributed by atoms with Gasteiger partial charge in [-0.2, -0.15) is 0 Å². The Hall–Kier alpha value is -4.71. The van der Waals surface area contributed by atoms with Crippen LogP contribution in [-0.2, 0) is 43.4 Å². The number of anilines is 1. The first-order valence-corrected chi connectivity index (χ1v) is 16.9. The van der Waals surface area contributed by atoms with Gasteiger partial charge in [0.1, 0.15) is 23.0 Å². The number of ether oxygens (including phenoxy) is 2. The zero-order valence-electron chi connectivity index (χ0n) is 29.5. The zero-order chi connectivity index (χ0) is 35.6. The molecule has 49 heavy (non-hydrogen) atoms. The summed E-state index contributed by atoms with van der Waals surface area (Å²) in [5, 5.41) is 8.15. The van der Waals surface area contributed by atoms with Crippen LogP contribution in [0.25, 0.3) is 0 Å². The van der Waals surface area contributed by atoms with Crippen LogP contribution in [0.1, 0.15) is 77.3 Å². The number of imidazole rings is 1. The van der Waals surface area contributed by atoms with Gasteiger partial charge in [0.2, 0.25) is 11.8 Å². The zero-order valence-corrected chi connectivity index (χ0v) is 29.5. The van der Waals surface area contributed by atoms with Gasteiger partial charge < -0.3 is 34.9 Å². The largest absolute Gasteiger partial charge is 0.444 e. The normalized spacial score (nSPS) is 14.5. The molecular weight excluding hydrogens is 624 g/mol. The predicted molar refractivity (Wildman–Crippen MR) is 187 cm³/mol. The minimum absolute atomic E-state index is 0.0750. The van der Waals surface area contributed by atoms with Crippen molar-refractivity contribution < 1.29 is 28.7 Å². The molecule has 0 bridgehead atoms. The Kier molecular flexibility index (Phi) is 12.6. The molecule has 1 saturated heterocycles. The third-order valence-corrected chi connectivity index (χ3v) is 8.12. The quantitative estimate of drug-likeness (QED) is 0.223. The van der Waals surface area contributed by atoms with Crippen molar-refractivity contribution in [2.75, 3.05) is 25.0 Å². The average molecular weight is 675 g/mol. The molecule has 12 heteroatoms. The lowest BCUT2D eigenvalue weighted by Gasteiger charge is -2.29. The van der Waals surface area contributed by atoms with Gasteiger partial charge >= 0.3 is 6.09 Å². The molecule has 0 aliphatic carbocycles. The molecule has 0 spiro atoms. The highest BCUT2D eigenvalue weighted by Gasteiger charge is 2.35. The lowest BCUT2D eigenvalue weighted by atomic mass is 9.97. The van der Waals surface area contributed by atoms with Crippen molar-refractivity contribution in [3.63, 3.8) is 0 Å². The third-order valence-electron chi connectivity index (χ3n) is 8.12. The molecule has 2 atom stereocenters. The molecule has 1 aliphatic heterocycles. The molecule has 0 radical (unpaired) electrons. The maximum atomic E-state index is 13.7. The van der Waals surface area contributed by atoms with E-state index in [0.29, 0.717) is 18.8 Å². The van der Waals surface area contributed by atoms with E-state index in [1.807, 2.05) is 77.1 Å². The van der Waals surface area contributed by atoms with Crippen LogP contribution in [0, 0.1) is 0 Å². The van der Waals surface area contributed by atoms with Gasteiger partial charge in [0.25, 0.3) is 5.91 Å². The van der Waals surface area contributed by atoms with Crippen LogP contribution in [-0.4, -0.2) is 75.1 Å². The smallest absolute Gasteiger partial charge is 0.408 e. The number of carbonyl (C=O) groups excluding carboxylic acids is 4. The molecule has 2 heterocycles. The van der Waals surface area contributed by atoms with E-state index in [1.165, 1.54) is 13.8 Å². The molecule has 4 rings (SSSR count). The number of amides is 4. The molecule has 2 aromatic carbocycles. The summed E-state index contributed by atoms with van der Waals surface area (Å²) >= 11 is 0. The second kappa shape index (κ2) is 16.6. The SMILES string of the molecule is CCc1nc(NC(=O)[C@@H](COCc2ccccc2)NC(=O)C(C)(C)NC(=O)OC(C)(C)C)cn1CC(C(=O)N1CCCC1)c1ccccc1. The highest BCUT2D eigenvalue weighted by molar-refractivity contribution is 5.98. The van der Waals surface area contributed by atoms with Gasteiger partial charge in [-0.3, -0.25) is 14.4 Å². The molecule has 264 valence electrons. The summed E-state index contributed by atoms with van der Waals surface area (Å²) in [5.74, 6) is -0.501. The predicted octanol–water partition coefficient (Wildman–Crippen LogP) is 4.80. The van der Waals surface area contributed by atoms with Crippen molar-refractivity contribution in [1.29, 1.82) is 0 Å². The van der Waals surface area contributed by atoms with Gasteiger partial charge in [0, 0.05) is 32.3 Å². The maximum absolute atomic E-state index is 13.7. The van der Waals surface area contributed by atoms with Gasteiger partial charge in [-0.05, 0) is 58.6 Å². The molecule has 0 saturated carbocycles. The van der Waals surface area contributed by atoms with E-state index in [2.05, 4.69) is 20.9 Å². The van der Waals surface area contributed by atoms with Crippen LogP contribution >= 0.6 is 0 Å². The van der Waals surface area contributed by atoms with Crippen molar-refractivity contribution in [2.24, 2.45) is 0 Å². The number of aryl methyl sites for hydroxylation is 1. The molecule has 1 fully saturated rings. The number of benzene rings is 2. The fraction of sp³-hybridized carbons (Fsp3) is 0.486. The first-order valence-electron chi connectivity index (χ1n) is 16.9. The van der Waals surface area contributed by atoms with Gasteiger partial charge in [-0.25, -0.2) is 9.78 Å². The van der Waals surface area contributed by atoms with E-state index in [0.717, 1.165) is 37.1 Å². The Morgan fingerprint density at radius 2 is 1.55 bits per heavy atom. The summed E-state index contributed by atoms with van der Waals surface area (Å²) in [7, 11) is 0. The number of nitrogens with zero attached hydrogens (tertiary/aromatic N) is 3. The molecule has 1 aromatic heterocycles. The highest BCUT2D eigenvalue weighted by Crippen LogP contribution is 2.25. The lowest BCUT2D eigenvalue weighted by molar-refractivity contribution is -0.132. The monoisotopic (exact) mass is 674 g/mol. The Morgan fingerprint density at radius 1 is 0.918 bits per heavy atom. The number of aromatic nitrogens is 2. The number of carbonyl (C=O) groups is 4. The molecule has 3 aromatic rings. The van der Waals surface area contributed by atoms with E-state index in [4.69, 9.17) is 9.47 Å². The summed E-state index contributed by atoms with van der Waals surface area (Å²) in [5.41, 5.74) is -0.344. The number of alkyl carbamates (subject to hydrolysis) is 1. The van der Waals surface area contributed by atoms with Crippen LogP contribution in [0.2, 0.25) is 0 Å². The van der Waals surface area contributed by atoms with Crippen molar-refractivity contribution in [1.82, 2.24) is 25.1 Å². The van der Waals surface area contributed by atoms with E-state index in [-0.39, 0.29) is 24.9 Å². The first kappa shape index (κ1) is 37.1. The molecule has 4 amide bonds. The first-order chi connectivity index (χ1) is 23.3. The Bertz CT molecular complexity index is 1560. The second-order valence-electron chi connectivity index (χ2n) is 13.8. The summed E-state index contributed by atoms with van der Waals surface area (Å²) in [6, 6.07) is 18.1. The van der Waals surface area contributed by atoms with Crippen molar-refractivity contribution in [2.45, 2.75) is 97.1 Å². The van der Waals surface area contributed by atoms with Crippen LogP contribution < -0.4 is 16.0 Å². The van der Waals surface area contributed by atoms with Crippen molar-refractivity contribution in [3.8, 4) is 0 Å². The minimum Gasteiger partial charge on any atom is -0.444 e. The standard InChI is InChI=1S/C37H50N6O6/c1-7-31-39-30(23-43(31)22-28(27-18-12-9-13-19-27)33(45)42-20-14-15-21-42)40-32(44)29(25-48-24-26-16-10-8-11-17-26)38-34(46)37(5,6)41-35(47)49-36(2,3)4/h8-13,16-19,23,28-29H,7,14-15,20-22,24-25H2,1-6H3,(H,38,46)(H,40,44)(H,41,47)/t28?,29-/m1/s1. The summed E-state index contributed by atoms with van der Waals surface area (Å²) in [4.78, 5) is 59.9. The van der Waals surface area contributed by atoms with Crippen molar-refractivity contribution >= 4 is 29.6 Å². The minimum atomic E-state index is -1.41. The van der Waals surface area contributed by atoms with Gasteiger partial charge in [0.15, 0.2) is 5.82 Å². The number of hydrogen-bond acceptors (Lipinski definition) is 7. The van der Waals surface area contributed by atoms with Crippen LogP contribution in [0.4, 0.5) is 10.6 Å². The summed E-state index contributed by atoms with van der Waals surface area (Å²) in [6.45, 7) is 12.1. The Morgan fingerprint density at radius 3 is 2.16 bits per heavy atom. The topological polar surface area (TPSA) is 144 Å². The fourth-order valence-electron chi connectivity index (χ4n) is 5.54.